The van der Waals surface area contributed by atoms with Crippen molar-refractivity contribution in [2.75, 3.05) is 25.2 Å². The summed E-state index contributed by atoms with van der Waals surface area (Å²) in [6.45, 7) is 0.713. The van der Waals surface area contributed by atoms with E-state index in [9.17, 15) is 24.8 Å². The maximum atomic E-state index is 13.5. The summed E-state index contributed by atoms with van der Waals surface area (Å²) in [4.78, 5) is 43.4. The second-order valence-corrected chi connectivity index (χ2v) is 9.72. The van der Waals surface area contributed by atoms with Gasteiger partial charge in [0.2, 0.25) is 0 Å². The summed E-state index contributed by atoms with van der Waals surface area (Å²) in [5.74, 6) is -0.725. The number of hydrogen-bond donors (Lipinski definition) is 1. The first-order valence-corrected chi connectivity index (χ1v) is 12.6. The van der Waals surface area contributed by atoms with Crippen molar-refractivity contribution in [2.45, 2.75) is 6.04 Å². The minimum atomic E-state index is -1.10. The van der Waals surface area contributed by atoms with E-state index in [-0.39, 0.29) is 22.0 Å². The Morgan fingerprint density at radius 1 is 1.08 bits per heavy atom. The molecular formula is C27H19N3O8S. The number of aliphatic hydroxyl groups excluding tert-OH is 1. The first-order valence-electron chi connectivity index (χ1n) is 11.8. The molecular weight excluding hydrogens is 526 g/mol. The van der Waals surface area contributed by atoms with Crippen LogP contribution in [0.4, 0.5) is 10.8 Å². The molecule has 1 N–H and O–H groups in total. The van der Waals surface area contributed by atoms with Crippen molar-refractivity contribution in [1.82, 2.24) is 4.98 Å². The van der Waals surface area contributed by atoms with Crippen molar-refractivity contribution in [3.8, 4) is 17.2 Å². The Morgan fingerprint density at radius 3 is 2.54 bits per heavy atom. The number of amides is 1. The molecule has 3 heterocycles. The summed E-state index contributed by atoms with van der Waals surface area (Å²) in [6.07, 6.45) is 0. The van der Waals surface area contributed by atoms with Crippen molar-refractivity contribution in [1.29, 1.82) is 0 Å². The summed E-state index contributed by atoms with van der Waals surface area (Å²) in [5, 5.41) is 22.9. The number of ketones is 1. The molecule has 39 heavy (non-hydrogen) atoms. The lowest BCUT2D eigenvalue weighted by atomic mass is 9.95. The highest BCUT2D eigenvalue weighted by Crippen LogP contribution is 2.45. The third kappa shape index (κ3) is 4.10. The molecule has 0 bridgehead atoms. The molecule has 11 nitrogen and oxygen atoms in total. The lowest BCUT2D eigenvalue weighted by molar-refractivity contribution is -0.384. The minimum Gasteiger partial charge on any atom is -0.507 e. The first-order chi connectivity index (χ1) is 18.9. The number of nitro benzene ring substituents is 1. The van der Waals surface area contributed by atoms with E-state index in [4.69, 9.17) is 14.2 Å². The van der Waals surface area contributed by atoms with Gasteiger partial charge in [-0.15, -0.1) is 0 Å². The Morgan fingerprint density at radius 2 is 1.82 bits per heavy atom. The van der Waals surface area contributed by atoms with Crippen molar-refractivity contribution < 1.29 is 33.8 Å². The van der Waals surface area contributed by atoms with E-state index in [1.165, 1.54) is 53.7 Å². The van der Waals surface area contributed by atoms with E-state index in [1.54, 1.807) is 30.3 Å². The summed E-state index contributed by atoms with van der Waals surface area (Å²) < 4.78 is 17.2. The van der Waals surface area contributed by atoms with Crippen LogP contribution in [0.15, 0.2) is 66.2 Å². The fourth-order valence-electron chi connectivity index (χ4n) is 4.59. The summed E-state index contributed by atoms with van der Waals surface area (Å²) in [7, 11) is 1.54. The van der Waals surface area contributed by atoms with Gasteiger partial charge in [-0.2, -0.15) is 0 Å². The molecule has 1 fully saturated rings. The van der Waals surface area contributed by atoms with Crippen LogP contribution < -0.4 is 19.1 Å². The van der Waals surface area contributed by atoms with Gasteiger partial charge >= 0.3 is 5.91 Å². The summed E-state index contributed by atoms with van der Waals surface area (Å²) in [6, 6.07) is 14.3. The number of fused-ring (bicyclic) bond motifs is 2. The van der Waals surface area contributed by atoms with Crippen LogP contribution in [-0.4, -0.2) is 47.0 Å². The zero-order valence-electron chi connectivity index (χ0n) is 20.3. The van der Waals surface area contributed by atoms with Crippen molar-refractivity contribution in [3.05, 3.63) is 87.5 Å². The van der Waals surface area contributed by atoms with Crippen LogP contribution >= 0.6 is 11.3 Å². The van der Waals surface area contributed by atoms with Crippen LogP contribution in [0.25, 0.3) is 16.0 Å². The van der Waals surface area contributed by atoms with E-state index < -0.39 is 28.4 Å². The normalized spacial score (nSPS) is 18.0. The number of non-ortho nitro benzene ring substituents is 1. The number of benzene rings is 3. The van der Waals surface area contributed by atoms with Gasteiger partial charge in [-0.25, -0.2) is 4.98 Å². The Balaban J connectivity index is 1.53. The van der Waals surface area contributed by atoms with Crippen LogP contribution in [0.3, 0.4) is 0 Å². The molecule has 4 aromatic rings. The van der Waals surface area contributed by atoms with Crippen molar-refractivity contribution >= 4 is 49.8 Å². The van der Waals surface area contributed by atoms with Gasteiger partial charge in [0.15, 0.2) is 16.6 Å². The summed E-state index contributed by atoms with van der Waals surface area (Å²) in [5.41, 5.74) is 0.887. The number of aliphatic hydroxyl groups is 1. The molecule has 0 radical (unpaired) electrons. The van der Waals surface area contributed by atoms with E-state index in [2.05, 4.69) is 4.98 Å². The molecule has 0 aliphatic carbocycles. The SMILES string of the molecule is COc1ccc2nc(N3C(=O)C(=O)C(=C(O)c4ccc5c(c4)OCCO5)[C@H]3c3ccc([N+](=O)[O-])cc3)sc2c1. The first kappa shape index (κ1) is 24.4. The van der Waals surface area contributed by atoms with Gasteiger partial charge in [-0.1, -0.05) is 11.3 Å². The lowest BCUT2D eigenvalue weighted by Gasteiger charge is -2.23. The molecule has 3 aromatic carbocycles. The van der Waals surface area contributed by atoms with Crippen molar-refractivity contribution in [2.24, 2.45) is 0 Å². The van der Waals surface area contributed by atoms with Crippen LogP contribution in [0, 0.1) is 10.1 Å². The Hall–Kier alpha value is -4.97. The molecule has 0 unspecified atom stereocenters. The van der Waals surface area contributed by atoms with Gasteiger partial charge in [0.1, 0.15) is 24.7 Å². The van der Waals surface area contributed by atoms with Gasteiger partial charge in [0, 0.05) is 17.7 Å². The predicted octanol–water partition coefficient (Wildman–Crippen LogP) is 4.61. The molecule has 0 saturated carbocycles. The minimum absolute atomic E-state index is 0.158. The number of thiazole rings is 1. The standard InChI is InChI=1S/C27H19N3O8S/c1-36-17-7-8-18-21(13-17)39-27(28-18)29-23(14-2-5-16(6-3-14)30(34)35)22(25(32)26(29)33)24(31)15-4-9-19-20(12-15)38-11-10-37-19/h2-9,12-13,23,31H,10-11H2,1H3/t23-/m1/s1. The molecule has 6 rings (SSSR count). The second-order valence-electron chi connectivity index (χ2n) is 8.71. The fourth-order valence-corrected chi connectivity index (χ4v) is 5.61. The molecule has 2 aliphatic heterocycles. The number of hydrogen-bond acceptors (Lipinski definition) is 10. The van der Waals surface area contributed by atoms with E-state index in [1.807, 2.05) is 0 Å². The molecule has 0 spiro atoms. The van der Waals surface area contributed by atoms with Gasteiger partial charge in [0.05, 0.1) is 33.9 Å². The maximum Gasteiger partial charge on any atom is 0.301 e. The van der Waals surface area contributed by atoms with Crippen molar-refractivity contribution in [3.63, 3.8) is 0 Å². The van der Waals surface area contributed by atoms with Crippen LogP contribution in [0.2, 0.25) is 0 Å². The third-order valence-corrected chi connectivity index (χ3v) is 7.49. The highest BCUT2D eigenvalue weighted by molar-refractivity contribution is 7.22. The van der Waals surface area contributed by atoms with Gasteiger partial charge in [-0.05, 0) is 54.1 Å². The lowest BCUT2D eigenvalue weighted by Crippen LogP contribution is -2.29. The molecule has 1 saturated heterocycles. The number of methoxy groups -OCH3 is 1. The molecule has 1 aromatic heterocycles. The molecule has 1 atom stereocenters. The number of aromatic nitrogens is 1. The maximum absolute atomic E-state index is 13.5. The molecule has 1 amide bonds. The van der Waals surface area contributed by atoms with Crippen LogP contribution in [-0.2, 0) is 9.59 Å². The van der Waals surface area contributed by atoms with Crippen LogP contribution in [0.5, 0.6) is 17.2 Å². The topological polar surface area (TPSA) is 141 Å². The average molecular weight is 546 g/mol. The van der Waals surface area contributed by atoms with Crippen LogP contribution in [0.1, 0.15) is 17.2 Å². The fraction of sp³-hybridized carbons (Fsp3) is 0.148. The quantitative estimate of drug-likeness (QED) is 0.125. The largest absolute Gasteiger partial charge is 0.507 e. The summed E-state index contributed by atoms with van der Waals surface area (Å²) >= 11 is 1.18. The Labute approximate surface area is 224 Å². The highest BCUT2D eigenvalue weighted by atomic mass is 32.1. The van der Waals surface area contributed by atoms with E-state index >= 15 is 0 Å². The van der Waals surface area contributed by atoms with Gasteiger partial charge in [0.25, 0.3) is 11.5 Å². The number of ether oxygens (including phenoxy) is 3. The zero-order chi connectivity index (χ0) is 27.3. The number of Topliss-reactive ketones (excluding diaryl/α,β-unsaturated/α-hetero) is 1. The number of carbonyl (C=O) groups excluding carboxylic acids is 2. The Bertz CT molecular complexity index is 1700. The molecule has 196 valence electrons. The van der Waals surface area contributed by atoms with E-state index in [0.717, 1.165) is 4.70 Å². The smallest absolute Gasteiger partial charge is 0.301 e. The number of carbonyl (C=O) groups is 2. The number of nitro groups is 1. The van der Waals surface area contributed by atoms with Gasteiger partial charge in [-0.3, -0.25) is 24.6 Å². The number of anilines is 1. The van der Waals surface area contributed by atoms with Gasteiger partial charge < -0.3 is 19.3 Å². The highest BCUT2D eigenvalue weighted by Gasteiger charge is 2.48. The molecule has 12 heteroatoms. The monoisotopic (exact) mass is 545 g/mol. The predicted molar refractivity (Wildman–Crippen MR) is 141 cm³/mol. The zero-order valence-corrected chi connectivity index (χ0v) is 21.1. The number of rotatable bonds is 5. The second kappa shape index (κ2) is 9.40. The average Bonchev–Trinajstić information content (AvgIpc) is 3.49. The number of nitrogens with zero attached hydrogens (tertiary/aromatic N) is 3. The van der Waals surface area contributed by atoms with E-state index in [0.29, 0.717) is 41.5 Å². The molecule has 2 aliphatic rings. The Kier molecular flexibility index (Phi) is 5.88. The third-order valence-electron chi connectivity index (χ3n) is 6.47.